The van der Waals surface area contributed by atoms with E-state index in [1.165, 1.54) is 0 Å². The Morgan fingerprint density at radius 1 is 1.33 bits per heavy atom. The molecule has 0 bridgehead atoms. The second kappa shape index (κ2) is 5.94. The largest absolute Gasteiger partial charge is 0.477 e. The van der Waals surface area contributed by atoms with Gasteiger partial charge in [0.1, 0.15) is 11.3 Å². The minimum Gasteiger partial charge on any atom is -0.477 e. The number of rotatable bonds is 3. The Kier molecular flexibility index (Phi) is 3.76. The van der Waals surface area contributed by atoms with Crippen molar-refractivity contribution in [3.8, 4) is 17.1 Å². The number of aromatic carboxylic acids is 1. The Hall–Kier alpha value is -2.35. The zero-order valence-electron chi connectivity index (χ0n) is 13.5. The molecule has 0 saturated carbocycles. The van der Waals surface area contributed by atoms with Gasteiger partial charge in [-0.2, -0.15) is 10.2 Å². The fraction of sp³-hybridized carbons (Fsp3) is 0.562. The molecule has 4 heterocycles. The first kappa shape index (κ1) is 15.2. The number of carboxylic acids is 1. The van der Waals surface area contributed by atoms with Gasteiger partial charge in [-0.25, -0.2) is 9.48 Å². The van der Waals surface area contributed by atoms with E-state index in [9.17, 15) is 9.90 Å². The van der Waals surface area contributed by atoms with E-state index >= 15 is 0 Å². The Balaban J connectivity index is 1.71. The van der Waals surface area contributed by atoms with Crippen molar-refractivity contribution < 1.29 is 19.4 Å². The monoisotopic (exact) mass is 332 g/mol. The number of ether oxygens (including phenoxy) is 2. The van der Waals surface area contributed by atoms with Crippen LogP contribution in [0.25, 0.3) is 11.3 Å². The molecule has 0 amide bonds. The normalized spacial score (nSPS) is 21.3. The lowest BCUT2D eigenvalue weighted by Crippen LogP contribution is -2.24. The average Bonchev–Trinajstić information content (AvgIpc) is 3.19. The topological polar surface area (TPSA) is 91.4 Å². The molecule has 2 aliphatic heterocycles. The van der Waals surface area contributed by atoms with Crippen molar-refractivity contribution in [2.45, 2.75) is 44.9 Å². The highest BCUT2D eigenvalue weighted by Crippen LogP contribution is 2.34. The van der Waals surface area contributed by atoms with Crippen LogP contribution in [-0.4, -0.2) is 50.0 Å². The van der Waals surface area contributed by atoms with Gasteiger partial charge in [0.05, 0.1) is 18.3 Å². The van der Waals surface area contributed by atoms with Gasteiger partial charge in [0.25, 0.3) is 0 Å². The van der Waals surface area contributed by atoms with Crippen LogP contribution in [0.15, 0.2) is 12.4 Å². The van der Waals surface area contributed by atoms with Gasteiger partial charge in [0.15, 0.2) is 0 Å². The molecule has 0 radical (unpaired) electrons. The van der Waals surface area contributed by atoms with Gasteiger partial charge in [-0.05, 0) is 19.8 Å². The maximum Gasteiger partial charge on any atom is 0.343 e. The van der Waals surface area contributed by atoms with E-state index in [0.717, 1.165) is 32.5 Å². The van der Waals surface area contributed by atoms with E-state index in [0.29, 0.717) is 23.7 Å². The fourth-order valence-electron chi connectivity index (χ4n) is 3.28. The van der Waals surface area contributed by atoms with E-state index in [1.807, 2.05) is 17.8 Å². The molecule has 8 heteroatoms. The molecule has 0 aliphatic carbocycles. The van der Waals surface area contributed by atoms with Crippen molar-refractivity contribution >= 4 is 5.97 Å². The maximum absolute atomic E-state index is 11.8. The van der Waals surface area contributed by atoms with Crippen molar-refractivity contribution in [3.05, 3.63) is 18.0 Å². The van der Waals surface area contributed by atoms with E-state index in [1.54, 1.807) is 10.9 Å². The maximum atomic E-state index is 11.8. The van der Waals surface area contributed by atoms with Gasteiger partial charge in [0, 0.05) is 37.9 Å². The molecular formula is C16H20N4O4. The summed E-state index contributed by atoms with van der Waals surface area (Å²) in [5.41, 5.74) is 1.25. The second-order valence-corrected chi connectivity index (χ2v) is 6.33. The minimum atomic E-state index is -1.03. The highest BCUT2D eigenvalue weighted by molar-refractivity contribution is 5.97. The lowest BCUT2D eigenvalue weighted by molar-refractivity contribution is 0.0662. The van der Waals surface area contributed by atoms with E-state index < -0.39 is 5.97 Å². The molecule has 1 N–H and O–H groups in total. The summed E-state index contributed by atoms with van der Waals surface area (Å²) >= 11 is 0. The van der Waals surface area contributed by atoms with Crippen LogP contribution in [-0.2, 0) is 11.3 Å². The van der Waals surface area contributed by atoms with Crippen LogP contribution in [0.5, 0.6) is 5.88 Å². The Bertz CT molecular complexity index is 760. The first-order chi connectivity index (χ1) is 11.6. The molecule has 1 atom stereocenters. The van der Waals surface area contributed by atoms with Crippen molar-refractivity contribution in [2.24, 2.45) is 0 Å². The van der Waals surface area contributed by atoms with Crippen LogP contribution in [0, 0.1) is 0 Å². The molecule has 1 saturated heterocycles. The van der Waals surface area contributed by atoms with Crippen LogP contribution in [0.1, 0.15) is 42.6 Å². The number of aromatic nitrogens is 4. The van der Waals surface area contributed by atoms with Gasteiger partial charge in [-0.3, -0.25) is 4.68 Å². The predicted molar refractivity (Wildman–Crippen MR) is 84.2 cm³/mol. The zero-order valence-corrected chi connectivity index (χ0v) is 13.5. The quantitative estimate of drug-likeness (QED) is 0.924. The molecule has 24 heavy (non-hydrogen) atoms. The third-order valence-corrected chi connectivity index (χ3v) is 4.62. The summed E-state index contributed by atoms with van der Waals surface area (Å²) in [5.74, 6) is -0.686. The molecule has 0 aromatic carbocycles. The molecule has 2 aromatic heterocycles. The van der Waals surface area contributed by atoms with Crippen LogP contribution in [0.3, 0.4) is 0 Å². The highest BCUT2D eigenvalue weighted by atomic mass is 16.5. The number of carbonyl (C=O) groups is 1. The molecule has 1 fully saturated rings. The summed E-state index contributed by atoms with van der Waals surface area (Å²) in [6.45, 7) is 4.05. The smallest absolute Gasteiger partial charge is 0.343 e. The molecule has 8 nitrogen and oxygen atoms in total. The molecule has 2 aliphatic rings. The van der Waals surface area contributed by atoms with Crippen molar-refractivity contribution in [3.63, 3.8) is 0 Å². The predicted octanol–water partition coefficient (Wildman–Crippen LogP) is 1.97. The molecular weight excluding hydrogens is 312 g/mol. The Morgan fingerprint density at radius 2 is 2.12 bits per heavy atom. The standard InChI is InChI=1S/C16H20N4O4/c1-10-2-5-19-15(24-10)13(16(21)22)14(18-19)11-8-17-20(9-11)12-3-6-23-7-4-12/h8-10,12H,2-7H2,1H3,(H,21,22)/t10-/m0/s1. The van der Waals surface area contributed by atoms with Gasteiger partial charge in [-0.15, -0.1) is 0 Å². The third kappa shape index (κ3) is 2.56. The first-order valence-corrected chi connectivity index (χ1v) is 8.26. The van der Waals surface area contributed by atoms with Gasteiger partial charge in [0.2, 0.25) is 5.88 Å². The number of nitrogens with zero attached hydrogens (tertiary/aromatic N) is 4. The summed E-state index contributed by atoms with van der Waals surface area (Å²) in [4.78, 5) is 11.8. The van der Waals surface area contributed by atoms with Gasteiger partial charge >= 0.3 is 5.97 Å². The van der Waals surface area contributed by atoms with Crippen molar-refractivity contribution in [1.82, 2.24) is 19.6 Å². The summed E-state index contributed by atoms with van der Waals surface area (Å²) in [6.07, 6.45) is 6.18. The average molecular weight is 332 g/mol. The number of hydrogen-bond donors (Lipinski definition) is 1. The lowest BCUT2D eigenvalue weighted by atomic mass is 10.1. The van der Waals surface area contributed by atoms with Crippen LogP contribution < -0.4 is 4.74 Å². The Morgan fingerprint density at radius 3 is 2.88 bits per heavy atom. The SMILES string of the molecule is C[C@H]1CCn2nc(-c3cnn(C4CCOCC4)c3)c(C(=O)O)c2O1. The molecule has 0 spiro atoms. The van der Waals surface area contributed by atoms with E-state index in [-0.39, 0.29) is 17.7 Å². The molecule has 4 rings (SSSR count). The van der Waals surface area contributed by atoms with Crippen LogP contribution >= 0.6 is 0 Å². The van der Waals surface area contributed by atoms with E-state index in [4.69, 9.17) is 9.47 Å². The second-order valence-electron chi connectivity index (χ2n) is 6.33. The van der Waals surface area contributed by atoms with Crippen molar-refractivity contribution in [2.75, 3.05) is 13.2 Å². The van der Waals surface area contributed by atoms with Crippen LogP contribution in [0.2, 0.25) is 0 Å². The fourth-order valence-corrected chi connectivity index (χ4v) is 3.28. The van der Waals surface area contributed by atoms with E-state index in [2.05, 4.69) is 10.2 Å². The number of aryl methyl sites for hydroxylation is 1. The lowest BCUT2D eigenvalue weighted by Gasteiger charge is -2.22. The number of fused-ring (bicyclic) bond motifs is 1. The molecule has 0 unspecified atom stereocenters. The molecule has 2 aromatic rings. The summed E-state index contributed by atoms with van der Waals surface area (Å²) < 4.78 is 14.6. The third-order valence-electron chi connectivity index (χ3n) is 4.62. The first-order valence-electron chi connectivity index (χ1n) is 8.26. The number of hydrogen-bond acceptors (Lipinski definition) is 5. The summed E-state index contributed by atoms with van der Waals surface area (Å²) in [7, 11) is 0. The highest BCUT2D eigenvalue weighted by Gasteiger charge is 2.30. The van der Waals surface area contributed by atoms with Crippen molar-refractivity contribution in [1.29, 1.82) is 0 Å². The number of carboxylic acid groups (broad SMARTS) is 1. The van der Waals surface area contributed by atoms with Gasteiger partial charge < -0.3 is 14.6 Å². The Labute approximate surface area is 139 Å². The summed E-state index contributed by atoms with van der Waals surface area (Å²) in [6, 6.07) is 0.286. The minimum absolute atomic E-state index is 0.00916. The molecule has 128 valence electrons. The van der Waals surface area contributed by atoms with Crippen LogP contribution in [0.4, 0.5) is 0 Å². The van der Waals surface area contributed by atoms with Gasteiger partial charge in [-0.1, -0.05) is 0 Å². The zero-order chi connectivity index (χ0) is 16.7. The summed E-state index contributed by atoms with van der Waals surface area (Å²) in [5, 5.41) is 18.5.